The average molecular weight is 289 g/mol. The lowest BCUT2D eigenvalue weighted by Crippen LogP contribution is -2.15. The van der Waals surface area contributed by atoms with Gasteiger partial charge in [-0.05, 0) is 42.0 Å². The van der Waals surface area contributed by atoms with E-state index >= 15 is 0 Å². The summed E-state index contributed by atoms with van der Waals surface area (Å²) in [5.74, 6) is 1.66. The second kappa shape index (κ2) is 5.20. The van der Waals surface area contributed by atoms with Crippen LogP contribution in [0.5, 0.6) is 11.5 Å². The lowest BCUT2D eigenvalue weighted by Gasteiger charge is -2.32. The third-order valence-corrected chi connectivity index (χ3v) is 3.78. The van der Waals surface area contributed by atoms with Gasteiger partial charge in [-0.15, -0.1) is 0 Å². The Balaban J connectivity index is 1.94. The zero-order valence-corrected chi connectivity index (χ0v) is 11.9. The Morgan fingerprint density at radius 2 is 1.41 bits per heavy atom. The summed E-state index contributed by atoms with van der Waals surface area (Å²) in [6.45, 7) is 0.0292. The topological polar surface area (TPSA) is 32.7 Å². The zero-order chi connectivity index (χ0) is 14.9. The summed E-state index contributed by atoms with van der Waals surface area (Å²) >= 11 is 0. The molecular formula is C19H15NO2. The number of hydrogen-bond donors (Lipinski definition) is 1. The third-order valence-electron chi connectivity index (χ3n) is 3.78. The van der Waals surface area contributed by atoms with E-state index in [9.17, 15) is 5.11 Å². The molecule has 4 rings (SSSR count). The van der Waals surface area contributed by atoms with Crippen molar-refractivity contribution in [2.24, 2.45) is 0 Å². The highest BCUT2D eigenvalue weighted by molar-refractivity contribution is 5.86. The Kier molecular flexibility index (Phi) is 3.06. The fourth-order valence-corrected chi connectivity index (χ4v) is 2.78. The van der Waals surface area contributed by atoms with E-state index in [1.165, 1.54) is 0 Å². The lowest BCUT2D eigenvalue weighted by atomic mass is 10.1. The summed E-state index contributed by atoms with van der Waals surface area (Å²) in [6.07, 6.45) is 0. The molecule has 1 heterocycles. The van der Waals surface area contributed by atoms with Gasteiger partial charge in [0.05, 0.1) is 18.0 Å². The molecule has 0 unspecified atom stereocenters. The van der Waals surface area contributed by atoms with Gasteiger partial charge < -0.3 is 14.7 Å². The largest absolute Gasteiger partial charge is 0.453 e. The Bertz CT molecular complexity index is 783. The molecule has 3 aromatic carbocycles. The van der Waals surface area contributed by atoms with Crippen molar-refractivity contribution in [3.05, 3.63) is 78.4 Å². The Morgan fingerprint density at radius 1 is 0.773 bits per heavy atom. The second-order valence-corrected chi connectivity index (χ2v) is 5.20. The number of para-hydroxylation sites is 4. The van der Waals surface area contributed by atoms with Gasteiger partial charge in [-0.2, -0.15) is 0 Å². The highest BCUT2D eigenvalue weighted by Crippen LogP contribution is 2.49. The van der Waals surface area contributed by atoms with Crippen molar-refractivity contribution in [2.45, 2.75) is 6.61 Å². The van der Waals surface area contributed by atoms with E-state index in [-0.39, 0.29) is 6.61 Å². The van der Waals surface area contributed by atoms with Gasteiger partial charge in [0.2, 0.25) is 0 Å². The number of fused-ring (bicyclic) bond motifs is 2. The maximum absolute atomic E-state index is 9.41. The van der Waals surface area contributed by atoms with Gasteiger partial charge in [0, 0.05) is 5.69 Å². The van der Waals surface area contributed by atoms with Crippen molar-refractivity contribution < 1.29 is 9.84 Å². The van der Waals surface area contributed by atoms with Crippen LogP contribution in [-0.2, 0) is 6.61 Å². The summed E-state index contributed by atoms with van der Waals surface area (Å²) in [6, 6.07) is 23.9. The molecule has 1 N–H and O–H groups in total. The maximum atomic E-state index is 9.41. The number of benzene rings is 3. The van der Waals surface area contributed by atoms with Crippen LogP contribution >= 0.6 is 0 Å². The predicted octanol–water partition coefficient (Wildman–Crippen LogP) is 4.75. The third kappa shape index (κ3) is 2.03. The van der Waals surface area contributed by atoms with E-state index in [4.69, 9.17) is 4.74 Å². The van der Waals surface area contributed by atoms with Crippen LogP contribution in [0.2, 0.25) is 0 Å². The molecule has 0 saturated heterocycles. The molecule has 0 bridgehead atoms. The zero-order valence-electron chi connectivity index (χ0n) is 11.9. The Labute approximate surface area is 129 Å². The van der Waals surface area contributed by atoms with Gasteiger partial charge in [0.15, 0.2) is 11.5 Å². The second-order valence-electron chi connectivity index (χ2n) is 5.20. The van der Waals surface area contributed by atoms with Gasteiger partial charge in [-0.1, -0.05) is 36.4 Å². The summed E-state index contributed by atoms with van der Waals surface area (Å²) < 4.78 is 5.99. The van der Waals surface area contributed by atoms with Crippen molar-refractivity contribution in [2.75, 3.05) is 4.90 Å². The lowest BCUT2D eigenvalue weighted by molar-refractivity contribution is 0.282. The number of ether oxygens (including phenoxy) is 1. The summed E-state index contributed by atoms with van der Waals surface area (Å²) in [7, 11) is 0. The molecule has 3 aromatic rings. The smallest absolute Gasteiger partial charge is 0.151 e. The molecule has 1 aliphatic heterocycles. The first-order valence-electron chi connectivity index (χ1n) is 7.22. The number of nitrogens with zero attached hydrogens (tertiary/aromatic N) is 1. The van der Waals surface area contributed by atoms with E-state index < -0.39 is 0 Å². The van der Waals surface area contributed by atoms with E-state index in [0.717, 1.165) is 34.1 Å². The normalized spacial score (nSPS) is 12.3. The number of anilines is 3. The van der Waals surface area contributed by atoms with E-state index in [1.54, 1.807) is 0 Å². The first-order valence-corrected chi connectivity index (χ1v) is 7.22. The van der Waals surface area contributed by atoms with Crippen LogP contribution < -0.4 is 9.64 Å². The van der Waals surface area contributed by atoms with E-state index in [2.05, 4.69) is 4.90 Å². The van der Waals surface area contributed by atoms with Gasteiger partial charge >= 0.3 is 0 Å². The first kappa shape index (κ1) is 12.9. The minimum Gasteiger partial charge on any atom is -0.453 e. The molecule has 1 aliphatic rings. The number of aliphatic hydroxyl groups is 1. The van der Waals surface area contributed by atoms with Gasteiger partial charge in [0.1, 0.15) is 0 Å². The van der Waals surface area contributed by atoms with Crippen molar-refractivity contribution in [3.8, 4) is 11.5 Å². The molecule has 0 radical (unpaired) electrons. The molecule has 0 saturated carbocycles. The van der Waals surface area contributed by atoms with Crippen LogP contribution in [0.4, 0.5) is 17.1 Å². The van der Waals surface area contributed by atoms with Crippen LogP contribution in [0.1, 0.15) is 5.56 Å². The molecule has 0 spiro atoms. The molecule has 0 atom stereocenters. The van der Waals surface area contributed by atoms with Crippen LogP contribution in [0.3, 0.4) is 0 Å². The van der Waals surface area contributed by atoms with Crippen LogP contribution in [-0.4, -0.2) is 5.11 Å². The van der Waals surface area contributed by atoms with Crippen molar-refractivity contribution in [3.63, 3.8) is 0 Å². The number of hydrogen-bond acceptors (Lipinski definition) is 3. The monoisotopic (exact) mass is 289 g/mol. The Morgan fingerprint density at radius 3 is 2.05 bits per heavy atom. The highest BCUT2D eigenvalue weighted by Gasteiger charge is 2.24. The molecule has 0 amide bonds. The minimum absolute atomic E-state index is 0.0292. The quantitative estimate of drug-likeness (QED) is 0.578. The molecule has 0 fully saturated rings. The molecular weight excluding hydrogens is 274 g/mol. The highest BCUT2D eigenvalue weighted by atomic mass is 16.5. The summed E-state index contributed by atoms with van der Waals surface area (Å²) in [5.41, 5.74) is 3.89. The number of aliphatic hydroxyl groups excluding tert-OH is 1. The van der Waals surface area contributed by atoms with E-state index in [0.29, 0.717) is 0 Å². The predicted molar refractivity (Wildman–Crippen MR) is 87.1 cm³/mol. The molecule has 22 heavy (non-hydrogen) atoms. The van der Waals surface area contributed by atoms with Crippen LogP contribution in [0, 0.1) is 0 Å². The van der Waals surface area contributed by atoms with Gasteiger partial charge in [0.25, 0.3) is 0 Å². The maximum Gasteiger partial charge on any atom is 0.151 e. The SMILES string of the molecule is OCc1cccc(N2c3ccccc3Oc3ccccc32)c1. The van der Waals surface area contributed by atoms with Crippen molar-refractivity contribution >= 4 is 17.1 Å². The van der Waals surface area contributed by atoms with Crippen LogP contribution in [0.15, 0.2) is 72.8 Å². The molecule has 108 valence electrons. The van der Waals surface area contributed by atoms with Gasteiger partial charge in [-0.3, -0.25) is 0 Å². The molecule has 3 heteroatoms. The fraction of sp³-hybridized carbons (Fsp3) is 0.0526. The van der Waals surface area contributed by atoms with Crippen LogP contribution in [0.25, 0.3) is 0 Å². The number of rotatable bonds is 2. The fourth-order valence-electron chi connectivity index (χ4n) is 2.78. The molecule has 0 aliphatic carbocycles. The van der Waals surface area contributed by atoms with Crippen molar-refractivity contribution in [1.29, 1.82) is 0 Å². The van der Waals surface area contributed by atoms with Gasteiger partial charge in [-0.25, -0.2) is 0 Å². The average Bonchev–Trinajstić information content (AvgIpc) is 2.59. The Hall–Kier alpha value is -2.78. The molecule has 3 nitrogen and oxygen atoms in total. The molecule has 0 aromatic heterocycles. The minimum atomic E-state index is 0.0292. The summed E-state index contributed by atoms with van der Waals surface area (Å²) in [5, 5.41) is 9.41. The van der Waals surface area contributed by atoms with Crippen molar-refractivity contribution in [1.82, 2.24) is 0 Å². The first-order chi connectivity index (χ1) is 10.9. The summed E-state index contributed by atoms with van der Waals surface area (Å²) in [4.78, 5) is 2.16. The standard InChI is InChI=1S/C19H15NO2/c21-13-14-6-5-7-15(12-14)20-16-8-1-3-10-18(16)22-19-11-4-2-9-17(19)20/h1-12,21H,13H2. The van der Waals surface area contributed by atoms with E-state index in [1.807, 2.05) is 72.8 Å².